The van der Waals surface area contributed by atoms with Gasteiger partial charge in [-0.15, -0.1) is 0 Å². The molecule has 1 aromatic heterocycles. The summed E-state index contributed by atoms with van der Waals surface area (Å²) in [5, 5.41) is 7.45. The quantitative estimate of drug-likeness (QED) is 0.418. The number of nitrogens with one attached hydrogen (secondary N) is 2. The van der Waals surface area contributed by atoms with Gasteiger partial charge in [-0.2, -0.15) is 0 Å². The second-order valence-electron chi connectivity index (χ2n) is 7.39. The summed E-state index contributed by atoms with van der Waals surface area (Å²) in [6, 6.07) is 21.3. The molecule has 0 fully saturated rings. The Balaban J connectivity index is 1.32. The minimum atomic E-state index is -0.460. The smallest absolute Gasteiger partial charge is 0.274 e. The number of anilines is 1. The number of para-hydroxylation sites is 1. The zero-order chi connectivity index (χ0) is 22.8. The average molecular weight is 460 g/mol. The lowest BCUT2D eigenvalue weighted by Gasteiger charge is -2.12. The maximum absolute atomic E-state index is 12.9. The van der Waals surface area contributed by atoms with Crippen LogP contribution < -0.4 is 20.1 Å². The molecule has 0 saturated carbocycles. The van der Waals surface area contributed by atoms with Gasteiger partial charge in [-0.05, 0) is 41.3 Å². The third-order valence-electron chi connectivity index (χ3n) is 5.24. The first kappa shape index (κ1) is 20.8. The number of rotatable bonds is 5. The van der Waals surface area contributed by atoms with E-state index in [1.54, 1.807) is 36.4 Å². The average Bonchev–Trinajstić information content (AvgIpc) is 3.31. The second-order valence-corrected chi connectivity index (χ2v) is 7.75. The van der Waals surface area contributed by atoms with Crippen molar-refractivity contribution in [1.82, 2.24) is 10.3 Å². The number of halogens is 1. The summed E-state index contributed by atoms with van der Waals surface area (Å²) in [6.07, 6.45) is 0. The Morgan fingerprint density at radius 2 is 1.70 bits per heavy atom. The van der Waals surface area contributed by atoms with Crippen molar-refractivity contribution in [1.29, 1.82) is 0 Å². The Kier molecular flexibility index (Phi) is 5.54. The third kappa shape index (κ3) is 4.31. The Labute approximate surface area is 194 Å². The number of nitrogens with zero attached hydrogens (tertiary/aromatic N) is 1. The number of pyridine rings is 1. The van der Waals surface area contributed by atoms with Crippen LogP contribution >= 0.6 is 11.6 Å². The SMILES string of the molecule is O=C(Nc1ccccc1C(=O)NCc1ccc2c(c1)OCO2)c1cc2ccccc2c(Cl)n1. The van der Waals surface area contributed by atoms with Gasteiger partial charge in [-0.3, -0.25) is 9.59 Å². The van der Waals surface area contributed by atoms with E-state index in [2.05, 4.69) is 15.6 Å². The highest BCUT2D eigenvalue weighted by Crippen LogP contribution is 2.32. The van der Waals surface area contributed by atoms with E-state index in [0.717, 1.165) is 16.3 Å². The van der Waals surface area contributed by atoms with Gasteiger partial charge in [0, 0.05) is 11.9 Å². The van der Waals surface area contributed by atoms with Gasteiger partial charge in [0.15, 0.2) is 11.5 Å². The van der Waals surface area contributed by atoms with Crippen LogP contribution in [0.5, 0.6) is 11.5 Å². The number of amides is 2. The van der Waals surface area contributed by atoms with Crippen molar-refractivity contribution in [3.8, 4) is 11.5 Å². The fourth-order valence-electron chi connectivity index (χ4n) is 3.58. The molecule has 5 rings (SSSR count). The highest BCUT2D eigenvalue weighted by Gasteiger charge is 2.17. The highest BCUT2D eigenvalue weighted by molar-refractivity contribution is 6.34. The van der Waals surface area contributed by atoms with Gasteiger partial charge in [-0.1, -0.05) is 54.1 Å². The maximum atomic E-state index is 12.9. The fourth-order valence-corrected chi connectivity index (χ4v) is 3.84. The van der Waals surface area contributed by atoms with Crippen LogP contribution in [0.25, 0.3) is 10.8 Å². The number of fused-ring (bicyclic) bond motifs is 2. The van der Waals surface area contributed by atoms with Gasteiger partial charge >= 0.3 is 0 Å². The van der Waals surface area contributed by atoms with E-state index in [9.17, 15) is 9.59 Å². The number of hydrogen-bond acceptors (Lipinski definition) is 5. The molecule has 0 unspecified atom stereocenters. The predicted molar refractivity (Wildman–Crippen MR) is 125 cm³/mol. The Bertz CT molecular complexity index is 1390. The predicted octanol–water partition coefficient (Wildman–Crippen LogP) is 4.80. The molecule has 164 valence electrons. The summed E-state index contributed by atoms with van der Waals surface area (Å²) in [6.45, 7) is 0.481. The van der Waals surface area contributed by atoms with Crippen LogP contribution in [-0.2, 0) is 6.54 Å². The van der Waals surface area contributed by atoms with Crippen molar-refractivity contribution in [3.05, 3.63) is 94.8 Å². The topological polar surface area (TPSA) is 89.6 Å². The molecule has 2 heterocycles. The normalized spacial score (nSPS) is 11.9. The third-order valence-corrected chi connectivity index (χ3v) is 5.52. The first-order valence-corrected chi connectivity index (χ1v) is 10.6. The largest absolute Gasteiger partial charge is 0.454 e. The van der Waals surface area contributed by atoms with Gasteiger partial charge in [-0.25, -0.2) is 4.98 Å². The van der Waals surface area contributed by atoms with E-state index in [0.29, 0.717) is 29.3 Å². The summed E-state index contributed by atoms with van der Waals surface area (Å²) >= 11 is 6.25. The molecule has 0 saturated heterocycles. The minimum Gasteiger partial charge on any atom is -0.454 e. The molecule has 0 radical (unpaired) electrons. The summed E-state index contributed by atoms with van der Waals surface area (Å²) in [7, 11) is 0. The minimum absolute atomic E-state index is 0.161. The van der Waals surface area contributed by atoms with Crippen LogP contribution in [0.2, 0.25) is 5.15 Å². The van der Waals surface area contributed by atoms with Crippen LogP contribution in [0, 0.1) is 0 Å². The molecule has 0 spiro atoms. The summed E-state index contributed by atoms with van der Waals surface area (Å²) in [4.78, 5) is 30.0. The number of hydrogen-bond donors (Lipinski definition) is 2. The van der Waals surface area contributed by atoms with E-state index < -0.39 is 5.91 Å². The Morgan fingerprint density at radius 3 is 2.61 bits per heavy atom. The standard InChI is InChI=1S/C25H18ClN3O4/c26-23-17-6-2-1-5-16(17)12-20(28-23)25(31)29-19-8-4-3-7-18(19)24(30)27-13-15-9-10-21-22(11-15)33-14-32-21/h1-12H,13-14H2,(H,27,30)(H,29,31). The number of benzene rings is 3. The van der Waals surface area contributed by atoms with Gasteiger partial charge in [0.05, 0.1) is 11.3 Å². The lowest BCUT2D eigenvalue weighted by Crippen LogP contribution is -2.25. The van der Waals surface area contributed by atoms with Crippen molar-refractivity contribution < 1.29 is 19.1 Å². The van der Waals surface area contributed by atoms with Crippen molar-refractivity contribution in [2.24, 2.45) is 0 Å². The fraction of sp³-hybridized carbons (Fsp3) is 0.0800. The molecule has 2 amide bonds. The van der Waals surface area contributed by atoms with Crippen LogP contribution in [0.3, 0.4) is 0 Å². The van der Waals surface area contributed by atoms with Crippen molar-refractivity contribution >= 4 is 39.9 Å². The van der Waals surface area contributed by atoms with Gasteiger partial charge in [0.25, 0.3) is 11.8 Å². The molecule has 7 nitrogen and oxygen atoms in total. The highest BCUT2D eigenvalue weighted by atomic mass is 35.5. The van der Waals surface area contributed by atoms with Gasteiger partial charge < -0.3 is 20.1 Å². The first-order chi connectivity index (χ1) is 16.1. The van der Waals surface area contributed by atoms with Gasteiger partial charge in [0.2, 0.25) is 6.79 Å². The summed E-state index contributed by atoms with van der Waals surface area (Å²) in [5.41, 5.74) is 1.73. The molecular weight excluding hydrogens is 442 g/mol. The molecular formula is C25H18ClN3O4. The number of aromatic nitrogens is 1. The molecule has 0 aliphatic carbocycles. The number of carbonyl (C=O) groups excluding carboxylic acids is 2. The van der Waals surface area contributed by atoms with Crippen molar-refractivity contribution in [2.45, 2.75) is 6.54 Å². The number of ether oxygens (including phenoxy) is 2. The lowest BCUT2D eigenvalue weighted by molar-refractivity contribution is 0.0951. The van der Waals surface area contributed by atoms with E-state index in [4.69, 9.17) is 21.1 Å². The molecule has 3 aromatic carbocycles. The van der Waals surface area contributed by atoms with Crippen LogP contribution in [0.4, 0.5) is 5.69 Å². The van der Waals surface area contributed by atoms with E-state index in [1.165, 1.54) is 0 Å². The molecule has 0 bridgehead atoms. The van der Waals surface area contributed by atoms with E-state index in [1.807, 2.05) is 36.4 Å². The Hall–Kier alpha value is -4.10. The zero-order valence-corrected chi connectivity index (χ0v) is 18.1. The molecule has 0 atom stereocenters. The maximum Gasteiger partial charge on any atom is 0.274 e. The van der Waals surface area contributed by atoms with Crippen molar-refractivity contribution in [2.75, 3.05) is 12.1 Å². The first-order valence-electron chi connectivity index (χ1n) is 10.2. The monoisotopic (exact) mass is 459 g/mol. The molecule has 8 heteroatoms. The van der Waals surface area contributed by atoms with Crippen LogP contribution in [0.1, 0.15) is 26.4 Å². The molecule has 4 aromatic rings. The van der Waals surface area contributed by atoms with Crippen LogP contribution in [-0.4, -0.2) is 23.6 Å². The Morgan fingerprint density at radius 1 is 0.909 bits per heavy atom. The summed E-state index contributed by atoms with van der Waals surface area (Å²) < 4.78 is 10.7. The molecule has 1 aliphatic heterocycles. The van der Waals surface area contributed by atoms with E-state index in [-0.39, 0.29) is 23.5 Å². The van der Waals surface area contributed by atoms with E-state index >= 15 is 0 Å². The second kappa shape index (κ2) is 8.80. The molecule has 33 heavy (non-hydrogen) atoms. The van der Waals surface area contributed by atoms with Crippen molar-refractivity contribution in [3.63, 3.8) is 0 Å². The van der Waals surface area contributed by atoms with Gasteiger partial charge in [0.1, 0.15) is 10.8 Å². The zero-order valence-electron chi connectivity index (χ0n) is 17.3. The number of carbonyl (C=O) groups is 2. The summed E-state index contributed by atoms with van der Waals surface area (Å²) in [5.74, 6) is 0.545. The lowest BCUT2D eigenvalue weighted by atomic mass is 10.1. The molecule has 2 N–H and O–H groups in total. The van der Waals surface area contributed by atoms with Crippen LogP contribution in [0.15, 0.2) is 72.8 Å². The molecule has 1 aliphatic rings.